The number of aromatic nitrogens is 1. The van der Waals surface area contributed by atoms with E-state index in [9.17, 15) is 21.6 Å². The first-order chi connectivity index (χ1) is 11.0. The second kappa shape index (κ2) is 6.20. The van der Waals surface area contributed by atoms with E-state index in [1.165, 1.54) is 10.6 Å². The highest BCUT2D eigenvalue weighted by atomic mass is 32.2. The van der Waals surface area contributed by atoms with Gasteiger partial charge >= 0.3 is 12.1 Å². The molecule has 2 aliphatic heterocycles. The van der Waals surface area contributed by atoms with Crippen LogP contribution in [0.25, 0.3) is 0 Å². The molecular formula is C13H16F3N3O4S. The minimum Gasteiger partial charge on any atom is -0.475 e. The van der Waals surface area contributed by atoms with E-state index in [1.54, 1.807) is 12.3 Å². The first-order valence-electron chi connectivity index (χ1n) is 6.91. The molecule has 1 fully saturated rings. The number of alkyl halides is 3. The lowest BCUT2D eigenvalue weighted by atomic mass is 9.85. The van der Waals surface area contributed by atoms with E-state index in [0.717, 1.165) is 30.9 Å². The van der Waals surface area contributed by atoms with Gasteiger partial charge in [0.05, 0.1) is 17.6 Å². The molecule has 11 heteroatoms. The molecule has 1 saturated heterocycles. The number of sulfonamides is 1. The van der Waals surface area contributed by atoms with Crippen molar-refractivity contribution in [3.63, 3.8) is 0 Å². The van der Waals surface area contributed by atoms with Crippen molar-refractivity contribution in [1.82, 2.24) is 10.3 Å². The van der Waals surface area contributed by atoms with Crippen molar-refractivity contribution in [3.05, 3.63) is 24.0 Å². The van der Waals surface area contributed by atoms with Gasteiger partial charge in [-0.2, -0.15) is 13.2 Å². The molecule has 2 aliphatic rings. The monoisotopic (exact) mass is 367 g/mol. The normalized spacial score (nSPS) is 22.9. The van der Waals surface area contributed by atoms with Crippen LogP contribution in [0.1, 0.15) is 12.1 Å². The van der Waals surface area contributed by atoms with Crippen molar-refractivity contribution < 1.29 is 31.5 Å². The zero-order chi connectivity index (χ0) is 18.2. The highest BCUT2D eigenvalue weighted by Crippen LogP contribution is 2.43. The van der Waals surface area contributed by atoms with E-state index in [1.807, 2.05) is 6.07 Å². The Labute approximate surface area is 136 Å². The summed E-state index contributed by atoms with van der Waals surface area (Å²) in [5.74, 6) is -2.76. The fourth-order valence-corrected chi connectivity index (χ4v) is 3.80. The third-order valence-corrected chi connectivity index (χ3v) is 5.02. The number of pyridine rings is 1. The van der Waals surface area contributed by atoms with Gasteiger partial charge in [-0.1, -0.05) is 0 Å². The molecule has 3 rings (SSSR count). The van der Waals surface area contributed by atoms with Gasteiger partial charge in [-0.15, -0.1) is 0 Å². The Morgan fingerprint density at radius 3 is 2.54 bits per heavy atom. The van der Waals surface area contributed by atoms with E-state index in [0.29, 0.717) is 6.54 Å². The fraction of sp³-hybridized carbons (Fsp3) is 0.538. The molecule has 1 atom stereocenters. The van der Waals surface area contributed by atoms with Crippen molar-refractivity contribution in [2.75, 3.05) is 30.2 Å². The van der Waals surface area contributed by atoms with Crippen LogP contribution in [0.4, 0.5) is 18.9 Å². The first kappa shape index (κ1) is 18.5. The molecule has 24 heavy (non-hydrogen) atoms. The van der Waals surface area contributed by atoms with Gasteiger partial charge in [-0.05, 0) is 25.1 Å². The fourth-order valence-electron chi connectivity index (χ4n) is 2.82. The molecule has 2 N–H and O–H groups in total. The number of halogens is 3. The smallest absolute Gasteiger partial charge is 0.475 e. The molecule has 0 amide bonds. The summed E-state index contributed by atoms with van der Waals surface area (Å²) in [7, 11) is -3.21. The summed E-state index contributed by atoms with van der Waals surface area (Å²) in [5, 5.41) is 10.4. The molecule has 3 heterocycles. The Morgan fingerprint density at radius 2 is 2.08 bits per heavy atom. The molecular weight excluding hydrogens is 351 g/mol. The molecule has 7 nitrogen and oxygen atoms in total. The number of hydrogen-bond acceptors (Lipinski definition) is 5. The maximum absolute atomic E-state index is 11.8. The molecule has 1 spiro atoms. The molecule has 134 valence electrons. The summed E-state index contributed by atoms with van der Waals surface area (Å²) < 4.78 is 56.9. The van der Waals surface area contributed by atoms with Crippen LogP contribution in [0.5, 0.6) is 0 Å². The quantitative estimate of drug-likeness (QED) is 0.759. The van der Waals surface area contributed by atoms with Crippen LogP contribution in [0.3, 0.4) is 0 Å². The summed E-state index contributed by atoms with van der Waals surface area (Å²) >= 11 is 0. The lowest BCUT2D eigenvalue weighted by molar-refractivity contribution is -0.192. The third-order valence-electron chi connectivity index (χ3n) is 3.89. The maximum Gasteiger partial charge on any atom is 0.490 e. The Hall–Kier alpha value is -1.88. The maximum atomic E-state index is 11.8. The standard InChI is InChI=1S/C11H15N3O2S.C2HF3O2/c1-17(15,16)14-8-11(4-6-12-7-11)10-9(14)3-2-5-13-10;3-2(4,5)1(6)7/h2-3,5,12H,4,6-8H2,1H3;(H,6,7). The Bertz CT molecular complexity index is 730. The topological polar surface area (TPSA) is 99.6 Å². The lowest BCUT2D eigenvalue weighted by Crippen LogP contribution is -2.38. The second-order valence-corrected chi connectivity index (χ2v) is 7.56. The predicted octanol–water partition coefficient (Wildman–Crippen LogP) is 0.726. The summed E-state index contributed by atoms with van der Waals surface area (Å²) in [6, 6.07) is 3.63. The SMILES string of the molecule is CS(=O)(=O)N1CC2(CCNC2)c2ncccc21.O=C(O)C(F)(F)F. The van der Waals surface area contributed by atoms with Crippen LogP contribution >= 0.6 is 0 Å². The number of hydrogen-bond donors (Lipinski definition) is 2. The average Bonchev–Trinajstić information content (AvgIpc) is 3.05. The minimum absolute atomic E-state index is 0.125. The zero-order valence-corrected chi connectivity index (χ0v) is 13.5. The number of carboxylic acid groups (broad SMARTS) is 1. The Balaban J connectivity index is 0.000000256. The highest BCUT2D eigenvalue weighted by Gasteiger charge is 2.48. The summed E-state index contributed by atoms with van der Waals surface area (Å²) in [6.07, 6.45) is -1.14. The Kier molecular flexibility index (Phi) is 4.77. The minimum atomic E-state index is -5.08. The van der Waals surface area contributed by atoms with E-state index in [-0.39, 0.29) is 5.41 Å². The van der Waals surface area contributed by atoms with Crippen LogP contribution < -0.4 is 9.62 Å². The number of aliphatic carboxylic acids is 1. The largest absolute Gasteiger partial charge is 0.490 e. The van der Waals surface area contributed by atoms with Gasteiger partial charge < -0.3 is 10.4 Å². The van der Waals surface area contributed by atoms with Gasteiger partial charge in [0, 0.05) is 24.7 Å². The predicted molar refractivity (Wildman–Crippen MR) is 79.3 cm³/mol. The first-order valence-corrected chi connectivity index (χ1v) is 8.76. The zero-order valence-electron chi connectivity index (χ0n) is 12.7. The van der Waals surface area contributed by atoms with E-state index >= 15 is 0 Å². The van der Waals surface area contributed by atoms with E-state index in [2.05, 4.69) is 10.3 Å². The molecule has 1 aromatic heterocycles. The molecule has 1 aromatic rings. The molecule has 0 bridgehead atoms. The number of carbonyl (C=O) groups is 1. The number of fused-ring (bicyclic) bond motifs is 2. The molecule has 0 radical (unpaired) electrons. The van der Waals surface area contributed by atoms with Gasteiger partial charge in [0.1, 0.15) is 0 Å². The second-order valence-electron chi connectivity index (χ2n) is 5.65. The van der Waals surface area contributed by atoms with Crippen molar-refractivity contribution in [2.45, 2.75) is 18.0 Å². The van der Waals surface area contributed by atoms with Gasteiger partial charge in [-0.3, -0.25) is 9.29 Å². The van der Waals surface area contributed by atoms with Crippen molar-refractivity contribution >= 4 is 21.7 Å². The molecule has 0 aromatic carbocycles. The van der Waals surface area contributed by atoms with Crippen LogP contribution in [0.2, 0.25) is 0 Å². The van der Waals surface area contributed by atoms with Crippen LogP contribution in [0.15, 0.2) is 18.3 Å². The Morgan fingerprint density at radius 1 is 1.46 bits per heavy atom. The van der Waals surface area contributed by atoms with Crippen molar-refractivity contribution in [1.29, 1.82) is 0 Å². The van der Waals surface area contributed by atoms with Gasteiger partial charge in [0.2, 0.25) is 10.0 Å². The van der Waals surface area contributed by atoms with Gasteiger partial charge in [0.15, 0.2) is 0 Å². The summed E-state index contributed by atoms with van der Waals surface area (Å²) in [5.41, 5.74) is 1.55. The van der Waals surface area contributed by atoms with Crippen molar-refractivity contribution in [3.8, 4) is 0 Å². The van der Waals surface area contributed by atoms with Gasteiger partial charge in [0.25, 0.3) is 0 Å². The average molecular weight is 367 g/mol. The number of rotatable bonds is 1. The van der Waals surface area contributed by atoms with Crippen LogP contribution in [-0.4, -0.2) is 56.5 Å². The third kappa shape index (κ3) is 3.61. The van der Waals surface area contributed by atoms with Crippen LogP contribution in [-0.2, 0) is 20.2 Å². The number of nitrogens with zero attached hydrogens (tertiary/aromatic N) is 2. The summed E-state index contributed by atoms with van der Waals surface area (Å²) in [4.78, 5) is 13.3. The van der Waals surface area contributed by atoms with Gasteiger partial charge in [-0.25, -0.2) is 13.2 Å². The molecule has 0 saturated carbocycles. The lowest BCUT2D eigenvalue weighted by Gasteiger charge is -2.22. The van der Waals surface area contributed by atoms with Crippen molar-refractivity contribution in [2.24, 2.45) is 0 Å². The number of carboxylic acids is 1. The summed E-state index contributed by atoms with van der Waals surface area (Å²) in [6.45, 7) is 2.25. The van der Waals surface area contributed by atoms with E-state index in [4.69, 9.17) is 9.90 Å². The molecule has 1 unspecified atom stereocenters. The van der Waals surface area contributed by atoms with E-state index < -0.39 is 22.2 Å². The molecule has 0 aliphatic carbocycles. The number of anilines is 1. The number of nitrogens with one attached hydrogen (secondary N) is 1. The highest BCUT2D eigenvalue weighted by molar-refractivity contribution is 7.92. The van der Waals surface area contributed by atoms with Crippen LogP contribution in [0, 0.1) is 0 Å².